The Balaban J connectivity index is 2.06. The number of hydrogen-bond acceptors (Lipinski definition) is 3. The zero-order chi connectivity index (χ0) is 14.0. The van der Waals surface area contributed by atoms with Crippen molar-refractivity contribution in [2.24, 2.45) is 7.05 Å². The average Bonchev–Trinajstić information content (AvgIpc) is 2.71. The van der Waals surface area contributed by atoms with Crippen LogP contribution in [0.1, 0.15) is 35.3 Å². The standard InChI is InChI=1S/C15H21N3O/c1-10-5-6-15(19)13(7-10)8-16-11(2)14-9-17-18(4)12(14)3/h5-7,9,11,16,19H,8H2,1-4H3. The van der Waals surface area contributed by atoms with Crippen molar-refractivity contribution in [2.75, 3.05) is 0 Å². The maximum Gasteiger partial charge on any atom is 0.120 e. The summed E-state index contributed by atoms with van der Waals surface area (Å²) in [6.07, 6.45) is 1.89. The molecule has 0 amide bonds. The number of benzene rings is 1. The molecule has 1 heterocycles. The molecule has 2 N–H and O–H groups in total. The lowest BCUT2D eigenvalue weighted by Crippen LogP contribution is -2.18. The number of hydrogen-bond donors (Lipinski definition) is 2. The molecule has 1 atom stereocenters. The van der Waals surface area contributed by atoms with E-state index >= 15 is 0 Å². The Kier molecular flexibility index (Phi) is 3.90. The number of nitrogens with one attached hydrogen (secondary N) is 1. The minimum absolute atomic E-state index is 0.202. The van der Waals surface area contributed by atoms with Crippen LogP contribution in [0, 0.1) is 13.8 Å². The molecule has 1 aromatic carbocycles. The third-order valence-electron chi connectivity index (χ3n) is 3.57. The summed E-state index contributed by atoms with van der Waals surface area (Å²) < 4.78 is 1.87. The van der Waals surface area contributed by atoms with Crippen LogP contribution in [-0.2, 0) is 13.6 Å². The summed E-state index contributed by atoms with van der Waals surface area (Å²) in [4.78, 5) is 0. The number of rotatable bonds is 4. The van der Waals surface area contributed by atoms with Gasteiger partial charge in [0.25, 0.3) is 0 Å². The van der Waals surface area contributed by atoms with Crippen molar-refractivity contribution >= 4 is 0 Å². The molecule has 2 rings (SSSR count). The van der Waals surface area contributed by atoms with Crippen LogP contribution in [0.5, 0.6) is 5.75 Å². The molecule has 102 valence electrons. The Labute approximate surface area is 114 Å². The molecule has 0 spiro atoms. The zero-order valence-corrected chi connectivity index (χ0v) is 11.9. The summed E-state index contributed by atoms with van der Waals surface area (Å²) >= 11 is 0. The highest BCUT2D eigenvalue weighted by Crippen LogP contribution is 2.21. The van der Waals surface area contributed by atoms with Crippen molar-refractivity contribution in [1.29, 1.82) is 0 Å². The Morgan fingerprint density at radius 1 is 1.37 bits per heavy atom. The molecule has 4 heteroatoms. The quantitative estimate of drug-likeness (QED) is 0.887. The molecule has 0 saturated carbocycles. The number of phenolic OH excluding ortho intramolecular Hbond substituents is 1. The van der Waals surface area contributed by atoms with Gasteiger partial charge in [-0.2, -0.15) is 5.10 Å². The second-order valence-electron chi connectivity index (χ2n) is 5.04. The van der Waals surface area contributed by atoms with Crippen LogP contribution < -0.4 is 5.32 Å². The number of nitrogens with zero attached hydrogens (tertiary/aromatic N) is 2. The highest BCUT2D eigenvalue weighted by Gasteiger charge is 2.12. The predicted octanol–water partition coefficient (Wildman–Crippen LogP) is 2.59. The molecule has 4 nitrogen and oxygen atoms in total. The molecule has 0 bridgehead atoms. The first-order valence-corrected chi connectivity index (χ1v) is 6.49. The van der Waals surface area contributed by atoms with Crippen LogP contribution >= 0.6 is 0 Å². The van der Waals surface area contributed by atoms with Gasteiger partial charge >= 0.3 is 0 Å². The smallest absolute Gasteiger partial charge is 0.120 e. The van der Waals surface area contributed by atoms with Crippen LogP contribution in [0.25, 0.3) is 0 Å². The fourth-order valence-electron chi connectivity index (χ4n) is 2.17. The second kappa shape index (κ2) is 5.45. The lowest BCUT2D eigenvalue weighted by molar-refractivity contribution is 0.460. The van der Waals surface area contributed by atoms with Crippen molar-refractivity contribution < 1.29 is 5.11 Å². The van der Waals surface area contributed by atoms with Gasteiger partial charge in [-0.05, 0) is 26.8 Å². The maximum absolute atomic E-state index is 9.82. The van der Waals surface area contributed by atoms with Gasteiger partial charge in [-0.15, -0.1) is 0 Å². The third-order valence-corrected chi connectivity index (χ3v) is 3.57. The molecule has 0 fully saturated rings. The highest BCUT2D eigenvalue weighted by atomic mass is 16.3. The van der Waals surface area contributed by atoms with Crippen molar-refractivity contribution in [3.8, 4) is 5.75 Å². The molecule has 19 heavy (non-hydrogen) atoms. The van der Waals surface area contributed by atoms with Gasteiger partial charge in [0, 0.05) is 36.5 Å². The average molecular weight is 259 g/mol. The molecule has 0 aliphatic heterocycles. The SMILES string of the molecule is Cc1ccc(O)c(CNC(C)c2cnn(C)c2C)c1. The van der Waals surface area contributed by atoms with E-state index in [-0.39, 0.29) is 6.04 Å². The number of aromatic nitrogens is 2. The summed E-state index contributed by atoms with van der Waals surface area (Å²) in [6.45, 7) is 6.84. The maximum atomic E-state index is 9.82. The molecular formula is C15H21N3O. The number of aromatic hydroxyl groups is 1. The molecule has 0 radical (unpaired) electrons. The summed E-state index contributed by atoms with van der Waals surface area (Å²) in [6, 6.07) is 5.86. The van der Waals surface area contributed by atoms with Crippen molar-refractivity contribution in [1.82, 2.24) is 15.1 Å². The van der Waals surface area contributed by atoms with Gasteiger partial charge in [0.05, 0.1) is 6.20 Å². The summed E-state index contributed by atoms with van der Waals surface area (Å²) in [5.74, 6) is 0.341. The van der Waals surface area contributed by atoms with E-state index in [1.807, 2.05) is 37.0 Å². The molecule has 1 aromatic heterocycles. The lowest BCUT2D eigenvalue weighted by atomic mass is 10.1. The van der Waals surface area contributed by atoms with Crippen LogP contribution in [-0.4, -0.2) is 14.9 Å². The first-order valence-electron chi connectivity index (χ1n) is 6.49. The third kappa shape index (κ3) is 2.96. The predicted molar refractivity (Wildman–Crippen MR) is 76.0 cm³/mol. The fraction of sp³-hybridized carbons (Fsp3) is 0.400. The molecule has 0 aliphatic rings. The van der Waals surface area contributed by atoms with E-state index in [0.717, 1.165) is 16.8 Å². The minimum atomic E-state index is 0.202. The topological polar surface area (TPSA) is 50.1 Å². The molecule has 0 saturated heterocycles. The van der Waals surface area contributed by atoms with Crippen LogP contribution in [0.3, 0.4) is 0 Å². The Morgan fingerprint density at radius 2 is 2.11 bits per heavy atom. The van der Waals surface area contributed by atoms with Crippen LogP contribution in [0.2, 0.25) is 0 Å². The van der Waals surface area contributed by atoms with E-state index in [1.54, 1.807) is 6.07 Å². The first kappa shape index (κ1) is 13.6. The minimum Gasteiger partial charge on any atom is -0.508 e. The summed E-state index contributed by atoms with van der Waals surface area (Å²) in [5.41, 5.74) is 4.43. The summed E-state index contributed by atoms with van der Waals surface area (Å²) in [7, 11) is 1.94. The Morgan fingerprint density at radius 3 is 2.74 bits per heavy atom. The van der Waals surface area contributed by atoms with Crippen molar-refractivity contribution in [2.45, 2.75) is 33.4 Å². The van der Waals surface area contributed by atoms with E-state index in [9.17, 15) is 5.11 Å². The van der Waals surface area contributed by atoms with E-state index in [1.165, 1.54) is 5.56 Å². The largest absolute Gasteiger partial charge is 0.508 e. The molecule has 2 aromatic rings. The van der Waals surface area contributed by atoms with Gasteiger partial charge in [-0.1, -0.05) is 17.7 Å². The van der Waals surface area contributed by atoms with Gasteiger partial charge in [-0.3, -0.25) is 4.68 Å². The zero-order valence-electron chi connectivity index (χ0n) is 11.9. The summed E-state index contributed by atoms with van der Waals surface area (Å²) in [5, 5.41) is 17.5. The van der Waals surface area contributed by atoms with Crippen LogP contribution in [0.4, 0.5) is 0 Å². The molecular weight excluding hydrogens is 238 g/mol. The van der Waals surface area contributed by atoms with Gasteiger partial charge in [-0.25, -0.2) is 0 Å². The first-order chi connectivity index (χ1) is 8.99. The van der Waals surface area contributed by atoms with E-state index in [4.69, 9.17) is 0 Å². The van der Waals surface area contributed by atoms with E-state index < -0.39 is 0 Å². The van der Waals surface area contributed by atoms with Gasteiger partial charge in [0.15, 0.2) is 0 Å². The van der Waals surface area contributed by atoms with E-state index in [2.05, 4.69) is 24.3 Å². The number of phenols is 1. The fourth-order valence-corrected chi connectivity index (χ4v) is 2.17. The van der Waals surface area contributed by atoms with Gasteiger partial charge in [0.1, 0.15) is 5.75 Å². The molecule has 1 unspecified atom stereocenters. The Hall–Kier alpha value is -1.81. The van der Waals surface area contributed by atoms with E-state index in [0.29, 0.717) is 12.3 Å². The number of aryl methyl sites for hydroxylation is 2. The lowest BCUT2D eigenvalue weighted by Gasteiger charge is -2.14. The highest BCUT2D eigenvalue weighted by molar-refractivity contribution is 5.35. The van der Waals surface area contributed by atoms with Crippen LogP contribution in [0.15, 0.2) is 24.4 Å². The van der Waals surface area contributed by atoms with Gasteiger partial charge in [0.2, 0.25) is 0 Å². The Bertz CT molecular complexity index is 575. The monoisotopic (exact) mass is 259 g/mol. The van der Waals surface area contributed by atoms with Crippen molar-refractivity contribution in [3.63, 3.8) is 0 Å². The van der Waals surface area contributed by atoms with Gasteiger partial charge < -0.3 is 10.4 Å². The second-order valence-corrected chi connectivity index (χ2v) is 5.04. The van der Waals surface area contributed by atoms with Crippen molar-refractivity contribution in [3.05, 3.63) is 46.8 Å². The molecule has 0 aliphatic carbocycles. The normalized spacial score (nSPS) is 12.6.